The molecule has 0 atom stereocenters. The predicted octanol–water partition coefficient (Wildman–Crippen LogP) is 5.56. The van der Waals surface area contributed by atoms with Crippen molar-refractivity contribution in [1.29, 1.82) is 0 Å². The molecule has 32 heavy (non-hydrogen) atoms. The molecule has 4 nitrogen and oxygen atoms in total. The quantitative estimate of drug-likeness (QED) is 0.404. The number of aryl methyl sites for hydroxylation is 3. The zero-order valence-electron chi connectivity index (χ0n) is 18.8. The van der Waals surface area contributed by atoms with Crippen LogP contribution in [0.25, 0.3) is 11.0 Å². The fraction of sp³-hybridized carbons (Fsp3) is 0.259. The van der Waals surface area contributed by atoms with Crippen LogP contribution in [0.2, 0.25) is 5.02 Å². The molecule has 1 aromatic heterocycles. The number of carbonyl (C=O) groups is 1. The van der Waals surface area contributed by atoms with Crippen molar-refractivity contribution in [1.82, 2.24) is 14.9 Å². The molecular formula is C27H28ClN3O. The third kappa shape index (κ3) is 5.03. The summed E-state index contributed by atoms with van der Waals surface area (Å²) in [7, 11) is 0. The number of fused-ring (bicyclic) bond motifs is 1. The summed E-state index contributed by atoms with van der Waals surface area (Å²) in [6, 6.07) is 20.1. The molecule has 164 valence electrons. The van der Waals surface area contributed by atoms with E-state index in [-0.39, 0.29) is 5.91 Å². The van der Waals surface area contributed by atoms with Crippen molar-refractivity contribution in [2.45, 2.75) is 40.2 Å². The van der Waals surface area contributed by atoms with Crippen LogP contribution < -0.4 is 5.32 Å². The number of para-hydroxylation sites is 2. The van der Waals surface area contributed by atoms with Crippen LogP contribution in [0.5, 0.6) is 0 Å². The maximum Gasteiger partial charge on any atom is 0.224 e. The summed E-state index contributed by atoms with van der Waals surface area (Å²) in [4.78, 5) is 17.3. The summed E-state index contributed by atoms with van der Waals surface area (Å²) < 4.78 is 2.28. The Morgan fingerprint density at radius 2 is 1.69 bits per heavy atom. The van der Waals surface area contributed by atoms with Crippen LogP contribution in [-0.2, 0) is 24.2 Å². The van der Waals surface area contributed by atoms with Crippen LogP contribution in [0.1, 0.15) is 33.6 Å². The first-order valence-electron chi connectivity index (χ1n) is 10.9. The highest BCUT2D eigenvalue weighted by Gasteiger charge is 2.14. The number of nitrogens with one attached hydrogen (secondary N) is 1. The monoisotopic (exact) mass is 445 g/mol. The van der Waals surface area contributed by atoms with E-state index >= 15 is 0 Å². The van der Waals surface area contributed by atoms with Gasteiger partial charge >= 0.3 is 0 Å². The topological polar surface area (TPSA) is 46.9 Å². The molecule has 5 heteroatoms. The van der Waals surface area contributed by atoms with Gasteiger partial charge in [0.2, 0.25) is 5.91 Å². The molecular weight excluding hydrogens is 418 g/mol. The summed E-state index contributed by atoms with van der Waals surface area (Å²) in [6.45, 7) is 7.79. The van der Waals surface area contributed by atoms with E-state index in [1.165, 1.54) is 22.3 Å². The highest BCUT2D eigenvalue weighted by atomic mass is 35.5. The number of halogens is 1. The number of nitrogens with zero attached hydrogens (tertiary/aromatic N) is 2. The molecule has 0 saturated heterocycles. The molecule has 0 bridgehead atoms. The van der Waals surface area contributed by atoms with Crippen LogP contribution in [0.4, 0.5) is 0 Å². The molecule has 0 saturated carbocycles. The van der Waals surface area contributed by atoms with Crippen LogP contribution in [0.3, 0.4) is 0 Å². The molecule has 4 rings (SSSR count). The SMILES string of the molecule is Cc1cc(C)c(Cn2c(CCNC(=O)Cc3ccc(Cl)cc3)nc3ccccc32)c(C)c1. The van der Waals surface area contributed by atoms with E-state index in [2.05, 4.69) is 48.9 Å². The Labute approximate surface area is 194 Å². The van der Waals surface area contributed by atoms with Gasteiger partial charge in [-0.05, 0) is 67.3 Å². The van der Waals surface area contributed by atoms with E-state index in [4.69, 9.17) is 16.6 Å². The number of hydrogen-bond acceptors (Lipinski definition) is 2. The Kier molecular flexibility index (Phi) is 6.61. The van der Waals surface area contributed by atoms with Gasteiger partial charge in [-0.3, -0.25) is 4.79 Å². The summed E-state index contributed by atoms with van der Waals surface area (Å²) >= 11 is 5.92. The van der Waals surface area contributed by atoms with E-state index < -0.39 is 0 Å². The zero-order chi connectivity index (χ0) is 22.7. The van der Waals surface area contributed by atoms with Crippen LogP contribution in [-0.4, -0.2) is 22.0 Å². The molecule has 4 aromatic rings. The van der Waals surface area contributed by atoms with E-state index in [0.29, 0.717) is 24.4 Å². The molecule has 0 aliphatic heterocycles. The minimum atomic E-state index is 0.000192. The number of rotatable bonds is 7. The molecule has 0 spiro atoms. The Morgan fingerprint density at radius 1 is 1.00 bits per heavy atom. The van der Waals surface area contributed by atoms with Crippen molar-refractivity contribution >= 4 is 28.5 Å². The van der Waals surface area contributed by atoms with Gasteiger partial charge in [-0.2, -0.15) is 0 Å². The van der Waals surface area contributed by atoms with Gasteiger partial charge in [-0.1, -0.05) is 53.6 Å². The number of benzene rings is 3. The molecule has 3 aromatic carbocycles. The third-order valence-corrected chi connectivity index (χ3v) is 6.09. The maximum absolute atomic E-state index is 12.4. The number of imidazole rings is 1. The first-order chi connectivity index (χ1) is 15.4. The van der Waals surface area contributed by atoms with Gasteiger partial charge in [0.15, 0.2) is 0 Å². The Hall–Kier alpha value is -3.11. The van der Waals surface area contributed by atoms with Crippen LogP contribution in [0, 0.1) is 20.8 Å². The van der Waals surface area contributed by atoms with Gasteiger partial charge in [0, 0.05) is 24.5 Å². The molecule has 0 aliphatic rings. The summed E-state index contributed by atoms with van der Waals surface area (Å²) in [5.74, 6) is 0.984. The largest absolute Gasteiger partial charge is 0.355 e. The molecule has 0 aliphatic carbocycles. The third-order valence-electron chi connectivity index (χ3n) is 5.84. The first kappa shape index (κ1) is 22.1. The summed E-state index contributed by atoms with van der Waals surface area (Å²) in [5.41, 5.74) is 8.25. The van der Waals surface area contributed by atoms with Crippen molar-refractivity contribution < 1.29 is 4.79 Å². The highest BCUT2D eigenvalue weighted by Crippen LogP contribution is 2.23. The van der Waals surface area contributed by atoms with Crippen molar-refractivity contribution in [2.75, 3.05) is 6.54 Å². The second kappa shape index (κ2) is 9.58. The maximum atomic E-state index is 12.4. The van der Waals surface area contributed by atoms with Gasteiger partial charge in [0.05, 0.1) is 17.5 Å². The summed E-state index contributed by atoms with van der Waals surface area (Å²) in [5, 5.41) is 3.71. The number of carbonyl (C=O) groups excluding carboxylic acids is 1. The molecule has 1 heterocycles. The minimum absolute atomic E-state index is 0.000192. The lowest BCUT2D eigenvalue weighted by molar-refractivity contribution is -0.120. The number of aromatic nitrogens is 2. The smallest absolute Gasteiger partial charge is 0.224 e. The van der Waals surface area contributed by atoms with Crippen molar-refractivity contribution in [3.05, 3.63) is 99.3 Å². The second-order valence-electron chi connectivity index (χ2n) is 8.38. The Morgan fingerprint density at radius 3 is 2.41 bits per heavy atom. The van der Waals surface area contributed by atoms with Gasteiger partial charge in [0.1, 0.15) is 5.82 Å². The van der Waals surface area contributed by atoms with Crippen molar-refractivity contribution in [2.24, 2.45) is 0 Å². The van der Waals surface area contributed by atoms with E-state index in [1.54, 1.807) is 0 Å². The Bertz CT molecular complexity index is 1230. The zero-order valence-corrected chi connectivity index (χ0v) is 19.5. The fourth-order valence-electron chi connectivity index (χ4n) is 4.27. The number of hydrogen-bond donors (Lipinski definition) is 1. The number of amides is 1. The average molecular weight is 446 g/mol. The Balaban J connectivity index is 1.50. The lowest BCUT2D eigenvalue weighted by Crippen LogP contribution is -2.28. The molecule has 1 N–H and O–H groups in total. The summed E-state index contributed by atoms with van der Waals surface area (Å²) in [6.07, 6.45) is 1.01. The average Bonchev–Trinajstić information content (AvgIpc) is 3.09. The van der Waals surface area contributed by atoms with Gasteiger partial charge < -0.3 is 9.88 Å². The van der Waals surface area contributed by atoms with Gasteiger partial charge in [-0.15, -0.1) is 0 Å². The van der Waals surface area contributed by atoms with Crippen molar-refractivity contribution in [3.63, 3.8) is 0 Å². The predicted molar refractivity (Wildman–Crippen MR) is 131 cm³/mol. The lowest BCUT2D eigenvalue weighted by Gasteiger charge is -2.15. The van der Waals surface area contributed by atoms with Crippen LogP contribution in [0.15, 0.2) is 60.7 Å². The second-order valence-corrected chi connectivity index (χ2v) is 8.82. The molecule has 0 unspecified atom stereocenters. The normalized spacial score (nSPS) is 11.1. The first-order valence-corrected chi connectivity index (χ1v) is 11.3. The van der Waals surface area contributed by atoms with Gasteiger partial charge in [-0.25, -0.2) is 4.98 Å². The lowest BCUT2D eigenvalue weighted by atomic mass is 9.99. The standard InChI is InChI=1S/C27H28ClN3O/c1-18-14-19(2)23(20(3)15-18)17-31-25-7-5-4-6-24(25)30-26(31)12-13-29-27(32)16-21-8-10-22(28)11-9-21/h4-11,14-15H,12-13,16-17H2,1-3H3,(H,29,32). The molecule has 0 fully saturated rings. The van der Waals surface area contributed by atoms with Crippen LogP contribution >= 0.6 is 11.6 Å². The van der Waals surface area contributed by atoms with E-state index in [9.17, 15) is 4.79 Å². The van der Waals surface area contributed by atoms with E-state index in [1.807, 2.05) is 42.5 Å². The molecule has 1 amide bonds. The molecule has 0 radical (unpaired) electrons. The fourth-order valence-corrected chi connectivity index (χ4v) is 4.40. The minimum Gasteiger partial charge on any atom is -0.355 e. The van der Waals surface area contributed by atoms with Crippen molar-refractivity contribution in [3.8, 4) is 0 Å². The highest BCUT2D eigenvalue weighted by molar-refractivity contribution is 6.30. The van der Waals surface area contributed by atoms with Gasteiger partial charge in [0.25, 0.3) is 0 Å². The van der Waals surface area contributed by atoms with E-state index in [0.717, 1.165) is 29.0 Å².